The van der Waals surface area contributed by atoms with Crippen molar-refractivity contribution in [2.45, 2.75) is 51.5 Å². The van der Waals surface area contributed by atoms with E-state index in [0.717, 1.165) is 29.6 Å². The molecule has 37 heavy (non-hydrogen) atoms. The molecular weight excluding hydrogens is 467 g/mol. The van der Waals surface area contributed by atoms with Crippen molar-refractivity contribution in [2.24, 2.45) is 17.8 Å². The Morgan fingerprint density at radius 2 is 1.81 bits per heavy atom. The standard InChI is InChI=1S/C30H33BO6/c1-2-6-18(13-19-7-5-8-21(33)14-19)11-12-26-27-20(17-32)15-24-28(25(27)16-31(36)37-26)30(35)23-10-4-3-9-22(23)29(24)34/h3-5,7-10,13-14,24-26,28,32-33,36H,2,6,11-12,15-17H2,1H3/b18-13+/t24-,25+,26-,28-/m1/s1. The second kappa shape index (κ2) is 10.8. The van der Waals surface area contributed by atoms with Gasteiger partial charge in [0.05, 0.1) is 12.7 Å². The Labute approximate surface area is 217 Å². The molecule has 6 nitrogen and oxygen atoms in total. The maximum absolute atomic E-state index is 13.7. The van der Waals surface area contributed by atoms with Gasteiger partial charge in [0.2, 0.25) is 0 Å². The highest BCUT2D eigenvalue weighted by atomic mass is 16.5. The number of benzene rings is 2. The lowest BCUT2D eigenvalue weighted by Crippen LogP contribution is -2.51. The van der Waals surface area contributed by atoms with Gasteiger partial charge in [-0.3, -0.25) is 9.59 Å². The van der Waals surface area contributed by atoms with Crippen LogP contribution < -0.4 is 0 Å². The van der Waals surface area contributed by atoms with E-state index in [2.05, 4.69) is 13.0 Å². The number of ketones is 2. The number of rotatable bonds is 7. The molecule has 1 fully saturated rings. The summed E-state index contributed by atoms with van der Waals surface area (Å²) in [5, 5.41) is 30.9. The van der Waals surface area contributed by atoms with E-state index in [1.165, 1.54) is 5.57 Å². The van der Waals surface area contributed by atoms with Crippen molar-refractivity contribution in [3.63, 3.8) is 0 Å². The minimum absolute atomic E-state index is 0.0528. The number of Topliss-reactive ketones (excluding diaryl/α,β-unsaturated/α-hetero) is 2. The van der Waals surface area contributed by atoms with Gasteiger partial charge in [0.25, 0.3) is 0 Å². The number of hydrogen-bond donors (Lipinski definition) is 3. The molecule has 1 aliphatic heterocycles. The van der Waals surface area contributed by atoms with Crippen molar-refractivity contribution >= 4 is 24.8 Å². The third-order valence-electron chi connectivity index (χ3n) is 8.09. The van der Waals surface area contributed by atoms with E-state index in [4.69, 9.17) is 4.65 Å². The largest absolute Gasteiger partial charge is 0.508 e. The topological polar surface area (TPSA) is 104 Å². The van der Waals surface area contributed by atoms with Crippen molar-refractivity contribution in [1.29, 1.82) is 0 Å². The number of phenols is 1. The molecule has 0 unspecified atom stereocenters. The van der Waals surface area contributed by atoms with Gasteiger partial charge >= 0.3 is 7.12 Å². The number of aromatic hydroxyl groups is 1. The number of allylic oxidation sites excluding steroid dienone is 1. The summed E-state index contributed by atoms with van der Waals surface area (Å²) in [6.07, 6.45) is 5.36. The maximum atomic E-state index is 13.7. The minimum atomic E-state index is -1.04. The highest BCUT2D eigenvalue weighted by Crippen LogP contribution is 2.50. The normalized spacial score (nSPS) is 25.6. The van der Waals surface area contributed by atoms with E-state index in [1.807, 2.05) is 12.1 Å². The molecule has 3 aliphatic rings. The summed E-state index contributed by atoms with van der Waals surface area (Å²) >= 11 is 0. The Hall–Kier alpha value is -3.00. The Morgan fingerprint density at radius 1 is 1.05 bits per heavy atom. The molecule has 2 aromatic carbocycles. The van der Waals surface area contributed by atoms with Crippen LogP contribution in [0.5, 0.6) is 5.75 Å². The number of aliphatic hydroxyl groups excluding tert-OH is 1. The number of phenolic OH excluding ortho intramolecular Hbond substituents is 1. The first-order valence-electron chi connectivity index (χ1n) is 13.2. The summed E-state index contributed by atoms with van der Waals surface area (Å²) in [4.78, 5) is 27.1. The Balaban J connectivity index is 1.45. The van der Waals surface area contributed by atoms with E-state index >= 15 is 0 Å². The van der Waals surface area contributed by atoms with E-state index in [9.17, 15) is 24.8 Å². The van der Waals surface area contributed by atoms with Crippen molar-refractivity contribution in [3.8, 4) is 5.75 Å². The third kappa shape index (κ3) is 4.96. The van der Waals surface area contributed by atoms with Gasteiger partial charge in [-0.1, -0.05) is 61.4 Å². The number of aliphatic hydroxyl groups is 1. The first-order chi connectivity index (χ1) is 17.9. The molecule has 7 heteroatoms. The predicted molar refractivity (Wildman–Crippen MR) is 142 cm³/mol. The number of carbonyl (C=O) groups is 2. The monoisotopic (exact) mass is 500 g/mol. The summed E-state index contributed by atoms with van der Waals surface area (Å²) in [5.74, 6) is -1.31. The maximum Gasteiger partial charge on any atom is 0.455 e. The Morgan fingerprint density at radius 3 is 2.51 bits per heavy atom. The van der Waals surface area contributed by atoms with Crippen LogP contribution in [0.2, 0.25) is 6.32 Å². The van der Waals surface area contributed by atoms with Gasteiger partial charge in [-0.25, -0.2) is 0 Å². The van der Waals surface area contributed by atoms with Crippen LogP contribution in [-0.4, -0.2) is 46.6 Å². The fourth-order valence-electron chi connectivity index (χ4n) is 6.57. The molecule has 0 amide bonds. The summed E-state index contributed by atoms with van der Waals surface area (Å²) in [7, 11) is -1.04. The van der Waals surface area contributed by atoms with E-state index in [0.29, 0.717) is 30.4 Å². The fourth-order valence-corrected chi connectivity index (χ4v) is 6.57. The first-order valence-corrected chi connectivity index (χ1v) is 13.2. The zero-order valence-electron chi connectivity index (χ0n) is 21.1. The number of carbonyl (C=O) groups excluding carboxylic acids is 2. The van der Waals surface area contributed by atoms with Crippen LogP contribution in [-0.2, 0) is 4.65 Å². The van der Waals surface area contributed by atoms with E-state index in [-0.39, 0.29) is 36.2 Å². The summed E-state index contributed by atoms with van der Waals surface area (Å²) in [6, 6.07) is 14.1. The molecule has 0 bridgehead atoms. The number of fused-ring (bicyclic) bond motifs is 4. The molecule has 0 radical (unpaired) electrons. The van der Waals surface area contributed by atoms with Crippen LogP contribution in [0.25, 0.3) is 6.08 Å². The molecule has 4 atom stereocenters. The average molecular weight is 500 g/mol. The van der Waals surface area contributed by atoms with Crippen molar-refractivity contribution in [1.82, 2.24) is 0 Å². The van der Waals surface area contributed by atoms with Gasteiger partial charge in [0.15, 0.2) is 11.6 Å². The third-order valence-corrected chi connectivity index (χ3v) is 8.09. The number of hydrogen-bond acceptors (Lipinski definition) is 6. The van der Waals surface area contributed by atoms with Gasteiger partial charge in [0, 0.05) is 23.0 Å². The van der Waals surface area contributed by atoms with Crippen LogP contribution in [0.1, 0.15) is 65.3 Å². The van der Waals surface area contributed by atoms with Crippen LogP contribution >= 0.6 is 0 Å². The molecule has 1 heterocycles. The molecule has 0 aromatic heterocycles. The second-order valence-corrected chi connectivity index (χ2v) is 10.4. The quantitative estimate of drug-likeness (QED) is 0.371. The molecule has 2 aliphatic carbocycles. The van der Waals surface area contributed by atoms with Crippen molar-refractivity contribution in [2.75, 3.05) is 6.61 Å². The molecule has 1 saturated heterocycles. The molecule has 3 N–H and O–H groups in total. The van der Waals surface area contributed by atoms with E-state index in [1.54, 1.807) is 36.4 Å². The Bertz CT molecular complexity index is 1260. The zero-order chi connectivity index (χ0) is 26.1. The SMILES string of the molecule is CCC/C(=C\c1cccc(O)c1)CC[C@H]1OB(O)C[C@H]2C1=C(CO)C[C@H]1C(=O)c3ccccc3C(=O)[C@H]12. The first kappa shape index (κ1) is 25.6. The van der Waals surface area contributed by atoms with Crippen molar-refractivity contribution in [3.05, 3.63) is 81.9 Å². The van der Waals surface area contributed by atoms with Gasteiger partial charge in [-0.05, 0) is 66.8 Å². The second-order valence-electron chi connectivity index (χ2n) is 10.4. The average Bonchev–Trinajstić information content (AvgIpc) is 2.89. The molecule has 5 rings (SSSR count). The summed E-state index contributed by atoms with van der Waals surface area (Å²) in [6.45, 7) is 1.92. The molecule has 2 aromatic rings. The smallest absolute Gasteiger partial charge is 0.455 e. The minimum Gasteiger partial charge on any atom is -0.508 e. The summed E-state index contributed by atoms with van der Waals surface area (Å²) in [5.41, 5.74) is 4.69. The van der Waals surface area contributed by atoms with Crippen LogP contribution in [0.4, 0.5) is 0 Å². The van der Waals surface area contributed by atoms with Crippen molar-refractivity contribution < 1.29 is 29.5 Å². The molecular formula is C30H33BO6. The van der Waals surface area contributed by atoms with Gasteiger partial charge in [-0.15, -0.1) is 0 Å². The summed E-state index contributed by atoms with van der Waals surface area (Å²) < 4.78 is 6.02. The van der Waals surface area contributed by atoms with Gasteiger partial charge < -0.3 is 19.9 Å². The van der Waals surface area contributed by atoms with Gasteiger partial charge in [0.1, 0.15) is 5.75 Å². The highest BCUT2D eigenvalue weighted by Gasteiger charge is 2.53. The van der Waals surface area contributed by atoms with Crippen LogP contribution in [0, 0.1) is 17.8 Å². The Kier molecular flexibility index (Phi) is 7.47. The molecule has 0 saturated carbocycles. The highest BCUT2D eigenvalue weighted by molar-refractivity contribution is 6.43. The molecule has 0 spiro atoms. The van der Waals surface area contributed by atoms with Gasteiger partial charge in [-0.2, -0.15) is 0 Å². The fraction of sp³-hybridized carbons (Fsp3) is 0.400. The lowest BCUT2D eigenvalue weighted by Gasteiger charge is -2.47. The molecule has 192 valence electrons. The van der Waals surface area contributed by atoms with E-state index < -0.39 is 25.1 Å². The predicted octanol–water partition coefficient (Wildman–Crippen LogP) is 4.86. The lowest BCUT2D eigenvalue weighted by molar-refractivity contribution is 0.0590. The lowest BCUT2D eigenvalue weighted by atomic mass is 9.54. The zero-order valence-corrected chi connectivity index (χ0v) is 21.1. The van der Waals surface area contributed by atoms with Crippen LogP contribution in [0.3, 0.4) is 0 Å². The van der Waals surface area contributed by atoms with Crippen LogP contribution in [0.15, 0.2) is 65.3 Å².